The van der Waals surface area contributed by atoms with Crippen LogP contribution in [0.4, 0.5) is 0 Å². The van der Waals surface area contributed by atoms with Gasteiger partial charge in [-0.05, 0) is 18.9 Å². The van der Waals surface area contributed by atoms with Gasteiger partial charge in [0.05, 0.1) is 5.75 Å². The Morgan fingerprint density at radius 3 is 2.67 bits per heavy atom. The maximum absolute atomic E-state index is 11.2. The zero-order valence-electron chi connectivity index (χ0n) is 11.9. The average molecular weight is 313 g/mol. The summed E-state index contributed by atoms with van der Waals surface area (Å²) in [6, 6.07) is 4.25. The van der Waals surface area contributed by atoms with Crippen LogP contribution in [0.25, 0.3) is 0 Å². The normalized spacial score (nSPS) is 17.0. The molecule has 1 aromatic carbocycles. The molecule has 0 spiro atoms. The molecule has 0 atom stereocenters. The molecule has 1 heterocycles. The van der Waals surface area contributed by atoms with Gasteiger partial charge in [0.15, 0.2) is 21.3 Å². The van der Waals surface area contributed by atoms with E-state index in [4.69, 9.17) is 14.2 Å². The number of rotatable bonds is 7. The average Bonchev–Trinajstić information content (AvgIpc) is 3.12. The van der Waals surface area contributed by atoms with Gasteiger partial charge in [0.1, 0.15) is 12.4 Å². The lowest BCUT2D eigenvalue weighted by molar-refractivity contribution is 0.173. The first-order chi connectivity index (χ1) is 10.0. The Balaban J connectivity index is 1.72. The van der Waals surface area contributed by atoms with E-state index in [-0.39, 0.29) is 19.2 Å². The topological polar surface area (TPSA) is 73.9 Å². The highest BCUT2D eigenvalue weighted by molar-refractivity contribution is 7.90. The van der Waals surface area contributed by atoms with Crippen LogP contribution in [0.5, 0.6) is 17.2 Å². The number of fused-ring (bicyclic) bond motifs is 1. The Hall–Kier alpha value is -1.47. The van der Waals surface area contributed by atoms with Crippen molar-refractivity contribution in [1.82, 2.24) is 5.32 Å². The maximum Gasteiger partial charge on any atom is 0.231 e. The molecule has 116 valence electrons. The summed E-state index contributed by atoms with van der Waals surface area (Å²) in [5, 5.41) is 3.42. The van der Waals surface area contributed by atoms with E-state index in [1.807, 2.05) is 6.07 Å². The van der Waals surface area contributed by atoms with Gasteiger partial charge in [-0.15, -0.1) is 0 Å². The SMILES string of the molecule is CS(=O)(=O)CCOc1cc2c(cc1CNC1CC1)OCO2. The minimum Gasteiger partial charge on any atom is -0.492 e. The molecule has 1 aliphatic carbocycles. The monoisotopic (exact) mass is 313 g/mol. The lowest BCUT2D eigenvalue weighted by Crippen LogP contribution is -2.17. The predicted molar refractivity (Wildman–Crippen MR) is 77.6 cm³/mol. The second-order valence-corrected chi connectivity index (χ2v) is 7.71. The van der Waals surface area contributed by atoms with Crippen LogP contribution in [0.15, 0.2) is 12.1 Å². The van der Waals surface area contributed by atoms with Crippen molar-refractivity contribution in [3.8, 4) is 17.2 Å². The summed E-state index contributed by atoms with van der Waals surface area (Å²) in [6.07, 6.45) is 3.61. The Bertz CT molecular complexity index is 624. The third-order valence-corrected chi connectivity index (χ3v) is 4.33. The minimum atomic E-state index is -3.03. The molecule has 1 aromatic rings. The van der Waals surface area contributed by atoms with Crippen molar-refractivity contribution >= 4 is 9.84 Å². The zero-order valence-corrected chi connectivity index (χ0v) is 12.7. The van der Waals surface area contributed by atoms with Gasteiger partial charge in [0.2, 0.25) is 6.79 Å². The zero-order chi connectivity index (χ0) is 14.9. The molecule has 1 aliphatic heterocycles. The molecule has 0 aromatic heterocycles. The molecule has 0 unspecified atom stereocenters. The van der Waals surface area contributed by atoms with Crippen LogP contribution < -0.4 is 19.5 Å². The molecule has 0 radical (unpaired) electrons. The first-order valence-electron chi connectivity index (χ1n) is 6.98. The van der Waals surface area contributed by atoms with Crippen LogP contribution in [0.2, 0.25) is 0 Å². The highest BCUT2D eigenvalue weighted by Crippen LogP contribution is 2.38. The highest BCUT2D eigenvalue weighted by atomic mass is 32.2. The quantitative estimate of drug-likeness (QED) is 0.812. The molecule has 0 bridgehead atoms. The summed E-state index contributed by atoms with van der Waals surface area (Å²) in [4.78, 5) is 0. The van der Waals surface area contributed by atoms with E-state index >= 15 is 0 Å². The largest absolute Gasteiger partial charge is 0.492 e. The number of sulfone groups is 1. The first-order valence-corrected chi connectivity index (χ1v) is 9.04. The second kappa shape index (κ2) is 5.73. The predicted octanol–water partition coefficient (Wildman–Crippen LogP) is 1.09. The number of ether oxygens (including phenoxy) is 3. The standard InChI is InChI=1S/C14H19NO5S/c1-21(16,17)5-4-18-12-7-14-13(19-9-20-14)6-10(12)8-15-11-2-3-11/h6-7,11,15H,2-5,8-9H2,1H3. The fourth-order valence-corrected chi connectivity index (χ4v) is 2.47. The molecule has 1 fully saturated rings. The first kappa shape index (κ1) is 14.5. The number of hydrogen-bond acceptors (Lipinski definition) is 6. The van der Waals surface area contributed by atoms with E-state index in [0.717, 1.165) is 5.56 Å². The fourth-order valence-electron chi connectivity index (χ4n) is 2.08. The second-order valence-electron chi connectivity index (χ2n) is 5.45. The summed E-state index contributed by atoms with van der Waals surface area (Å²) in [5.74, 6) is 1.99. The number of benzene rings is 1. The van der Waals surface area contributed by atoms with Gasteiger partial charge in [-0.1, -0.05) is 0 Å². The van der Waals surface area contributed by atoms with Gasteiger partial charge in [0, 0.05) is 30.5 Å². The van der Waals surface area contributed by atoms with Crippen molar-refractivity contribution < 1.29 is 22.6 Å². The van der Waals surface area contributed by atoms with Crippen molar-refractivity contribution in [2.75, 3.05) is 25.4 Å². The lowest BCUT2D eigenvalue weighted by atomic mass is 10.1. The van der Waals surface area contributed by atoms with Crippen LogP contribution in [0.3, 0.4) is 0 Å². The van der Waals surface area contributed by atoms with E-state index in [1.54, 1.807) is 6.07 Å². The van der Waals surface area contributed by atoms with Crippen molar-refractivity contribution in [3.05, 3.63) is 17.7 Å². The third kappa shape index (κ3) is 4.01. The van der Waals surface area contributed by atoms with Crippen molar-refractivity contribution in [2.45, 2.75) is 25.4 Å². The van der Waals surface area contributed by atoms with Crippen molar-refractivity contribution in [1.29, 1.82) is 0 Å². The fraction of sp³-hybridized carbons (Fsp3) is 0.571. The van der Waals surface area contributed by atoms with Gasteiger partial charge in [-0.2, -0.15) is 0 Å². The van der Waals surface area contributed by atoms with Crippen molar-refractivity contribution in [2.24, 2.45) is 0 Å². The Morgan fingerprint density at radius 2 is 2.00 bits per heavy atom. The summed E-state index contributed by atoms with van der Waals surface area (Å²) >= 11 is 0. The van der Waals surface area contributed by atoms with Gasteiger partial charge in [-0.25, -0.2) is 8.42 Å². The lowest BCUT2D eigenvalue weighted by Gasteiger charge is -2.13. The van der Waals surface area contributed by atoms with Gasteiger partial charge >= 0.3 is 0 Å². The number of nitrogens with one attached hydrogen (secondary N) is 1. The van der Waals surface area contributed by atoms with Crippen LogP contribution in [0.1, 0.15) is 18.4 Å². The molecule has 21 heavy (non-hydrogen) atoms. The van der Waals surface area contributed by atoms with E-state index in [2.05, 4.69) is 5.32 Å². The molecular weight excluding hydrogens is 294 g/mol. The third-order valence-electron chi connectivity index (χ3n) is 3.43. The molecule has 1 saturated carbocycles. The summed E-state index contributed by atoms with van der Waals surface area (Å²) in [5.41, 5.74) is 0.958. The minimum absolute atomic E-state index is 0.00304. The van der Waals surface area contributed by atoms with E-state index in [9.17, 15) is 8.42 Å². The van der Waals surface area contributed by atoms with Gasteiger partial charge in [0.25, 0.3) is 0 Å². The van der Waals surface area contributed by atoms with Gasteiger partial charge < -0.3 is 19.5 Å². The molecule has 3 rings (SSSR count). The Kier molecular flexibility index (Phi) is 3.95. The van der Waals surface area contributed by atoms with Crippen molar-refractivity contribution in [3.63, 3.8) is 0 Å². The summed E-state index contributed by atoms with van der Waals surface area (Å²) in [7, 11) is -3.03. The van der Waals surface area contributed by atoms with E-state index < -0.39 is 9.84 Å². The molecule has 0 amide bonds. The Morgan fingerprint density at radius 1 is 1.29 bits per heavy atom. The molecule has 0 saturated heterocycles. The molecular formula is C14H19NO5S. The molecule has 1 N–H and O–H groups in total. The van der Waals surface area contributed by atoms with Crippen LogP contribution in [0, 0.1) is 0 Å². The van der Waals surface area contributed by atoms with Gasteiger partial charge in [-0.3, -0.25) is 0 Å². The van der Waals surface area contributed by atoms with Crippen LogP contribution in [-0.4, -0.2) is 39.9 Å². The molecule has 7 heteroatoms. The highest BCUT2D eigenvalue weighted by Gasteiger charge is 2.23. The maximum atomic E-state index is 11.2. The van der Waals surface area contributed by atoms with Crippen LogP contribution >= 0.6 is 0 Å². The number of hydrogen-bond donors (Lipinski definition) is 1. The van der Waals surface area contributed by atoms with Crippen LogP contribution in [-0.2, 0) is 16.4 Å². The molecule has 2 aliphatic rings. The smallest absolute Gasteiger partial charge is 0.231 e. The van der Waals surface area contributed by atoms with E-state index in [0.29, 0.717) is 29.8 Å². The Labute approximate surface area is 124 Å². The van der Waals surface area contributed by atoms with E-state index in [1.165, 1.54) is 19.1 Å². The summed E-state index contributed by atoms with van der Waals surface area (Å²) < 4.78 is 38.7. The summed E-state index contributed by atoms with van der Waals surface area (Å²) in [6.45, 7) is 1.02. The molecule has 6 nitrogen and oxygen atoms in total.